The lowest BCUT2D eigenvalue weighted by Gasteiger charge is -2.24. The van der Waals surface area contributed by atoms with E-state index in [4.69, 9.17) is 21.1 Å². The largest absolute Gasteiger partial charge is 0.485 e. The normalized spacial score (nSPS) is 16.1. The number of ether oxygens (including phenoxy) is 2. The summed E-state index contributed by atoms with van der Waals surface area (Å²) in [7, 11) is 0. The van der Waals surface area contributed by atoms with E-state index in [1.807, 2.05) is 6.07 Å². The highest BCUT2D eigenvalue weighted by Crippen LogP contribution is 2.30. The van der Waals surface area contributed by atoms with Gasteiger partial charge in [-0.1, -0.05) is 29.8 Å². The van der Waals surface area contributed by atoms with Crippen molar-refractivity contribution in [1.82, 2.24) is 5.43 Å². The minimum absolute atomic E-state index is 0.0296. The van der Waals surface area contributed by atoms with Gasteiger partial charge in [0.1, 0.15) is 11.6 Å². The predicted molar refractivity (Wildman–Crippen MR) is 94.8 cm³/mol. The summed E-state index contributed by atoms with van der Waals surface area (Å²) in [6.45, 7) is 1.67. The van der Waals surface area contributed by atoms with Crippen molar-refractivity contribution >= 4 is 28.9 Å². The van der Waals surface area contributed by atoms with Gasteiger partial charge in [0, 0.05) is 11.6 Å². The SMILES string of the molecule is C/C(=N\NC(=O)C1COc2ccccc2O1)c1ccc(Cl)c([N+](=O)[O-])c1. The van der Waals surface area contributed by atoms with Crippen molar-refractivity contribution in [2.45, 2.75) is 13.0 Å². The molecule has 3 rings (SSSR count). The summed E-state index contributed by atoms with van der Waals surface area (Å²) in [5.74, 6) is 0.569. The van der Waals surface area contributed by atoms with Gasteiger partial charge >= 0.3 is 0 Å². The van der Waals surface area contributed by atoms with Crippen LogP contribution in [0.4, 0.5) is 5.69 Å². The maximum atomic E-state index is 12.2. The van der Waals surface area contributed by atoms with Gasteiger partial charge in [-0.25, -0.2) is 5.43 Å². The van der Waals surface area contributed by atoms with Crippen LogP contribution in [0.15, 0.2) is 47.6 Å². The molecule has 0 fully saturated rings. The molecular formula is C17H14ClN3O5. The Labute approximate surface area is 153 Å². The van der Waals surface area contributed by atoms with Crippen LogP contribution in [0.2, 0.25) is 5.02 Å². The van der Waals surface area contributed by atoms with Crippen molar-refractivity contribution in [1.29, 1.82) is 0 Å². The molecule has 1 amide bonds. The number of nitro groups is 1. The first-order chi connectivity index (χ1) is 12.5. The Balaban J connectivity index is 1.69. The third kappa shape index (κ3) is 3.75. The second-order valence-corrected chi connectivity index (χ2v) is 5.87. The van der Waals surface area contributed by atoms with Gasteiger partial charge in [-0.2, -0.15) is 5.10 Å². The number of halogens is 1. The molecule has 0 aromatic heterocycles. The zero-order chi connectivity index (χ0) is 18.7. The van der Waals surface area contributed by atoms with Gasteiger partial charge in [0.05, 0.1) is 10.6 Å². The third-order valence-electron chi connectivity index (χ3n) is 3.70. The molecule has 0 spiro atoms. The Morgan fingerprint density at radius 2 is 2.04 bits per heavy atom. The van der Waals surface area contributed by atoms with Crippen LogP contribution in [-0.4, -0.2) is 29.3 Å². The highest BCUT2D eigenvalue weighted by Gasteiger charge is 2.27. The van der Waals surface area contributed by atoms with Crippen LogP contribution in [0.3, 0.4) is 0 Å². The van der Waals surface area contributed by atoms with E-state index in [2.05, 4.69) is 10.5 Å². The third-order valence-corrected chi connectivity index (χ3v) is 4.02. The fourth-order valence-corrected chi connectivity index (χ4v) is 2.49. The van der Waals surface area contributed by atoms with Crippen LogP contribution >= 0.6 is 11.6 Å². The van der Waals surface area contributed by atoms with E-state index in [0.717, 1.165) is 0 Å². The molecule has 2 aromatic carbocycles. The number of nitrogens with zero attached hydrogens (tertiary/aromatic N) is 2. The Morgan fingerprint density at radius 3 is 2.77 bits per heavy atom. The number of carbonyl (C=O) groups is 1. The predicted octanol–water partition coefficient (Wildman–Crippen LogP) is 2.93. The average Bonchev–Trinajstić information content (AvgIpc) is 2.65. The van der Waals surface area contributed by atoms with Crippen LogP contribution in [0.5, 0.6) is 11.5 Å². The zero-order valence-corrected chi connectivity index (χ0v) is 14.4. The van der Waals surface area contributed by atoms with E-state index in [-0.39, 0.29) is 17.3 Å². The molecule has 2 aromatic rings. The van der Waals surface area contributed by atoms with E-state index in [1.165, 1.54) is 12.1 Å². The molecule has 0 radical (unpaired) electrons. The Kier molecular flexibility index (Phi) is 5.04. The summed E-state index contributed by atoms with van der Waals surface area (Å²) in [4.78, 5) is 22.6. The van der Waals surface area contributed by atoms with E-state index >= 15 is 0 Å². The minimum Gasteiger partial charge on any atom is -0.485 e. The minimum atomic E-state index is -0.846. The van der Waals surface area contributed by atoms with Gasteiger partial charge in [-0.3, -0.25) is 14.9 Å². The quantitative estimate of drug-likeness (QED) is 0.502. The highest BCUT2D eigenvalue weighted by atomic mass is 35.5. The lowest BCUT2D eigenvalue weighted by atomic mass is 10.1. The lowest BCUT2D eigenvalue weighted by molar-refractivity contribution is -0.384. The molecule has 26 heavy (non-hydrogen) atoms. The Hall–Kier alpha value is -3.13. The van der Waals surface area contributed by atoms with Crippen LogP contribution in [-0.2, 0) is 4.79 Å². The van der Waals surface area contributed by atoms with Crippen molar-refractivity contribution in [2.24, 2.45) is 5.10 Å². The van der Waals surface area contributed by atoms with Gasteiger partial charge in [0.2, 0.25) is 6.10 Å². The summed E-state index contributed by atoms with van der Waals surface area (Å²) in [6, 6.07) is 11.3. The van der Waals surface area contributed by atoms with Gasteiger partial charge < -0.3 is 9.47 Å². The number of nitro benzene ring substituents is 1. The fraction of sp³-hybridized carbons (Fsp3) is 0.176. The number of amides is 1. The number of rotatable bonds is 4. The maximum absolute atomic E-state index is 12.2. The molecule has 1 N–H and O–H groups in total. The molecule has 1 heterocycles. The fourth-order valence-electron chi connectivity index (χ4n) is 2.30. The van der Waals surface area contributed by atoms with Crippen LogP contribution in [0.25, 0.3) is 0 Å². The smallest absolute Gasteiger partial charge is 0.288 e. The average molecular weight is 376 g/mol. The first-order valence-corrected chi connectivity index (χ1v) is 8.00. The second kappa shape index (κ2) is 7.40. The summed E-state index contributed by atoms with van der Waals surface area (Å²) in [5, 5.41) is 15.0. The van der Waals surface area contributed by atoms with Crippen LogP contribution in [0.1, 0.15) is 12.5 Å². The van der Waals surface area contributed by atoms with Crippen LogP contribution in [0, 0.1) is 10.1 Å². The molecule has 0 aliphatic carbocycles. The molecule has 0 bridgehead atoms. The van der Waals surface area contributed by atoms with Gasteiger partial charge in [-0.15, -0.1) is 0 Å². The molecule has 0 saturated carbocycles. The van der Waals surface area contributed by atoms with Crippen molar-refractivity contribution < 1.29 is 19.2 Å². The summed E-state index contributed by atoms with van der Waals surface area (Å²) < 4.78 is 11.1. The second-order valence-electron chi connectivity index (χ2n) is 5.46. The van der Waals surface area contributed by atoms with Crippen molar-refractivity contribution in [3.63, 3.8) is 0 Å². The monoisotopic (exact) mass is 375 g/mol. The first-order valence-electron chi connectivity index (χ1n) is 7.62. The van der Waals surface area contributed by atoms with Gasteiger partial charge in [0.15, 0.2) is 11.5 Å². The molecule has 134 valence electrons. The summed E-state index contributed by atoms with van der Waals surface area (Å²) >= 11 is 5.78. The number of hydrogen-bond acceptors (Lipinski definition) is 6. The van der Waals surface area contributed by atoms with Crippen molar-refractivity contribution in [3.8, 4) is 11.5 Å². The number of fused-ring (bicyclic) bond motifs is 1. The summed E-state index contributed by atoms with van der Waals surface area (Å²) in [5.41, 5.74) is 3.00. The molecule has 1 aliphatic rings. The topological polar surface area (TPSA) is 103 Å². The highest BCUT2D eigenvalue weighted by molar-refractivity contribution is 6.32. The van der Waals surface area contributed by atoms with E-state index in [9.17, 15) is 14.9 Å². The number of hydrogen-bond donors (Lipinski definition) is 1. The van der Waals surface area contributed by atoms with E-state index in [0.29, 0.717) is 22.8 Å². The molecule has 1 aliphatic heterocycles. The van der Waals surface area contributed by atoms with Crippen molar-refractivity contribution in [2.75, 3.05) is 6.61 Å². The first kappa shape index (κ1) is 17.7. The molecule has 1 atom stereocenters. The molecule has 1 unspecified atom stereocenters. The Bertz CT molecular complexity index is 900. The Morgan fingerprint density at radius 1 is 1.31 bits per heavy atom. The number of para-hydroxylation sites is 2. The zero-order valence-electron chi connectivity index (χ0n) is 13.6. The van der Waals surface area contributed by atoms with Crippen LogP contribution < -0.4 is 14.9 Å². The molecule has 8 nitrogen and oxygen atoms in total. The molecular weight excluding hydrogens is 362 g/mol. The maximum Gasteiger partial charge on any atom is 0.288 e. The van der Waals surface area contributed by atoms with Gasteiger partial charge in [-0.05, 0) is 25.1 Å². The van der Waals surface area contributed by atoms with Gasteiger partial charge in [0.25, 0.3) is 11.6 Å². The van der Waals surface area contributed by atoms with E-state index < -0.39 is 16.9 Å². The lowest BCUT2D eigenvalue weighted by Crippen LogP contribution is -2.42. The summed E-state index contributed by atoms with van der Waals surface area (Å²) in [6.07, 6.45) is -0.846. The standard InChI is InChI=1S/C17H14ClN3O5/c1-10(11-6-7-12(18)13(8-11)21(23)24)19-20-17(22)16-9-25-14-4-2-3-5-15(14)26-16/h2-8,16H,9H2,1H3,(H,20,22)/b19-10+. The number of benzene rings is 2. The number of carbonyl (C=O) groups excluding carboxylic acids is 1. The molecule has 0 saturated heterocycles. The number of hydrazone groups is 1. The number of nitrogens with one attached hydrogen (secondary N) is 1. The molecule has 9 heteroatoms. The van der Waals surface area contributed by atoms with Crippen molar-refractivity contribution in [3.05, 3.63) is 63.2 Å². The van der Waals surface area contributed by atoms with E-state index in [1.54, 1.807) is 31.2 Å².